The third-order valence-corrected chi connectivity index (χ3v) is 5.43. The van der Waals surface area contributed by atoms with Gasteiger partial charge in [-0.15, -0.1) is 0 Å². The van der Waals surface area contributed by atoms with Crippen LogP contribution in [-0.2, 0) is 11.2 Å². The van der Waals surface area contributed by atoms with Crippen molar-refractivity contribution in [3.8, 4) is 22.5 Å². The Balaban J connectivity index is 1.40. The molecule has 1 aromatic heterocycles. The first-order chi connectivity index (χ1) is 15.2. The van der Waals surface area contributed by atoms with Crippen LogP contribution in [0.5, 0.6) is 0 Å². The minimum atomic E-state index is -0.628. The number of amides is 2. The molecule has 152 valence electrons. The van der Waals surface area contributed by atoms with Crippen LogP contribution in [-0.4, -0.2) is 28.1 Å². The summed E-state index contributed by atoms with van der Waals surface area (Å²) in [6.45, 7) is 0. The van der Waals surface area contributed by atoms with E-state index in [0.29, 0.717) is 12.0 Å². The molecule has 0 fully saturated rings. The monoisotopic (exact) mass is 408 g/mol. The zero-order chi connectivity index (χ0) is 21.2. The van der Waals surface area contributed by atoms with Gasteiger partial charge in [-0.05, 0) is 23.8 Å². The smallest absolute Gasteiger partial charge is 0.252 e. The maximum absolute atomic E-state index is 13.1. The molecule has 3 aromatic carbocycles. The van der Waals surface area contributed by atoms with Gasteiger partial charge >= 0.3 is 0 Å². The normalized spacial score (nSPS) is 15.1. The summed E-state index contributed by atoms with van der Waals surface area (Å²) in [6.07, 6.45) is 0.456. The molecule has 0 aliphatic carbocycles. The van der Waals surface area contributed by atoms with Gasteiger partial charge in [0.05, 0.1) is 11.4 Å². The van der Waals surface area contributed by atoms with E-state index in [9.17, 15) is 9.59 Å². The van der Waals surface area contributed by atoms with E-state index in [2.05, 4.69) is 20.8 Å². The fourth-order valence-corrected chi connectivity index (χ4v) is 3.84. The van der Waals surface area contributed by atoms with Crippen LogP contribution in [0.4, 0.5) is 5.69 Å². The number of nitrogens with zero attached hydrogens (tertiary/aromatic N) is 1. The first-order valence-corrected chi connectivity index (χ1v) is 10.1. The lowest BCUT2D eigenvalue weighted by Crippen LogP contribution is -2.47. The average Bonchev–Trinajstić information content (AvgIpc) is 3.30. The summed E-state index contributed by atoms with van der Waals surface area (Å²) < 4.78 is 0. The Labute approximate surface area is 179 Å². The Morgan fingerprint density at radius 2 is 1.68 bits per heavy atom. The maximum Gasteiger partial charge on any atom is 0.252 e. The number of fused-ring (bicyclic) bond motifs is 1. The Morgan fingerprint density at radius 1 is 0.935 bits per heavy atom. The van der Waals surface area contributed by atoms with Gasteiger partial charge in [0.15, 0.2) is 0 Å². The van der Waals surface area contributed by atoms with Crippen LogP contribution in [0, 0.1) is 0 Å². The van der Waals surface area contributed by atoms with E-state index in [1.807, 2.05) is 78.9 Å². The molecule has 6 heteroatoms. The molecule has 0 saturated carbocycles. The molecule has 2 amide bonds. The molecule has 31 heavy (non-hydrogen) atoms. The number of carbonyl (C=O) groups excluding carboxylic acids is 2. The number of aromatic nitrogens is 2. The Hall–Kier alpha value is -4.19. The number of H-pyrrole nitrogens is 1. The van der Waals surface area contributed by atoms with Crippen molar-refractivity contribution in [2.24, 2.45) is 0 Å². The molecular weight excluding hydrogens is 388 g/mol. The van der Waals surface area contributed by atoms with Crippen molar-refractivity contribution >= 4 is 17.5 Å². The maximum atomic E-state index is 13.1. The van der Waals surface area contributed by atoms with Gasteiger partial charge in [0.2, 0.25) is 5.91 Å². The highest BCUT2D eigenvalue weighted by Crippen LogP contribution is 2.27. The molecule has 0 bridgehead atoms. The number of benzene rings is 3. The lowest BCUT2D eigenvalue weighted by atomic mass is 9.98. The first-order valence-electron chi connectivity index (χ1n) is 10.1. The highest BCUT2D eigenvalue weighted by Gasteiger charge is 2.28. The second-order valence-electron chi connectivity index (χ2n) is 7.46. The summed E-state index contributed by atoms with van der Waals surface area (Å²) in [5.41, 5.74) is 5.54. The van der Waals surface area contributed by atoms with Gasteiger partial charge < -0.3 is 10.6 Å². The van der Waals surface area contributed by atoms with Gasteiger partial charge in [-0.1, -0.05) is 66.7 Å². The van der Waals surface area contributed by atoms with Crippen LogP contribution in [0.3, 0.4) is 0 Å². The molecule has 4 aromatic rings. The summed E-state index contributed by atoms with van der Waals surface area (Å²) >= 11 is 0. The van der Waals surface area contributed by atoms with Gasteiger partial charge in [0.1, 0.15) is 6.04 Å². The molecule has 2 heterocycles. The fraction of sp³-hybridized carbons (Fsp3) is 0.0800. The van der Waals surface area contributed by atoms with Gasteiger partial charge in [0, 0.05) is 28.8 Å². The van der Waals surface area contributed by atoms with E-state index >= 15 is 0 Å². The standard InChI is InChI=1S/C25H20N4O2/c30-24(27-23-14-17-10-4-7-13-20(17)26-25(23)31)19-12-6-5-11-18(19)22-15-21(28-29-22)16-8-2-1-3-9-16/h1-13,15,23H,14H2,(H,26,31)(H,27,30)(H,28,29)/t23-/m1/s1. The number of rotatable bonds is 4. The number of hydrogen-bond acceptors (Lipinski definition) is 3. The predicted octanol–water partition coefficient (Wildman–Crippen LogP) is 4.04. The van der Waals surface area contributed by atoms with Crippen LogP contribution in [0.25, 0.3) is 22.5 Å². The third kappa shape index (κ3) is 3.71. The molecule has 1 aliphatic heterocycles. The van der Waals surface area contributed by atoms with Gasteiger partial charge in [0.25, 0.3) is 5.91 Å². The number of nitrogens with one attached hydrogen (secondary N) is 3. The van der Waals surface area contributed by atoms with Gasteiger partial charge in [-0.2, -0.15) is 5.10 Å². The van der Waals surface area contributed by atoms with Crippen LogP contribution in [0.1, 0.15) is 15.9 Å². The SMILES string of the molecule is O=C(N[C@@H]1Cc2ccccc2NC1=O)c1ccccc1-c1cc(-c2ccccc2)n[nH]1. The summed E-state index contributed by atoms with van der Waals surface area (Å²) in [4.78, 5) is 25.6. The Morgan fingerprint density at radius 3 is 2.55 bits per heavy atom. The Bertz CT molecular complexity index is 1260. The van der Waals surface area contributed by atoms with Crippen molar-refractivity contribution in [3.05, 3.63) is 96.1 Å². The molecule has 0 radical (unpaired) electrons. The van der Waals surface area contributed by atoms with E-state index in [4.69, 9.17) is 0 Å². The second kappa shape index (κ2) is 7.91. The summed E-state index contributed by atoms with van der Waals surface area (Å²) in [5, 5.41) is 13.2. The minimum absolute atomic E-state index is 0.211. The molecule has 0 spiro atoms. The third-order valence-electron chi connectivity index (χ3n) is 5.43. The summed E-state index contributed by atoms with van der Waals surface area (Å²) in [5.74, 6) is -0.511. The Kier molecular flexibility index (Phi) is 4.80. The zero-order valence-corrected chi connectivity index (χ0v) is 16.6. The second-order valence-corrected chi connectivity index (χ2v) is 7.46. The number of anilines is 1. The highest BCUT2D eigenvalue weighted by atomic mass is 16.2. The fourth-order valence-electron chi connectivity index (χ4n) is 3.84. The van der Waals surface area contributed by atoms with Crippen LogP contribution >= 0.6 is 0 Å². The summed E-state index contributed by atoms with van der Waals surface area (Å²) in [6, 6.07) is 26.1. The molecule has 1 atom stereocenters. The molecular formula is C25H20N4O2. The lowest BCUT2D eigenvalue weighted by Gasteiger charge is -2.25. The van der Waals surface area contributed by atoms with Crippen LogP contribution in [0.2, 0.25) is 0 Å². The molecule has 6 nitrogen and oxygen atoms in total. The molecule has 3 N–H and O–H groups in total. The minimum Gasteiger partial charge on any atom is -0.340 e. The number of hydrogen-bond donors (Lipinski definition) is 3. The highest BCUT2D eigenvalue weighted by molar-refractivity contribution is 6.05. The quantitative estimate of drug-likeness (QED) is 0.476. The number of aromatic amines is 1. The van der Waals surface area contributed by atoms with Crippen molar-refractivity contribution in [1.82, 2.24) is 15.5 Å². The van der Waals surface area contributed by atoms with E-state index in [-0.39, 0.29) is 11.8 Å². The average molecular weight is 408 g/mol. The van der Waals surface area contributed by atoms with Crippen molar-refractivity contribution in [3.63, 3.8) is 0 Å². The van der Waals surface area contributed by atoms with Crippen molar-refractivity contribution in [2.75, 3.05) is 5.32 Å². The van der Waals surface area contributed by atoms with Crippen LogP contribution < -0.4 is 10.6 Å². The largest absolute Gasteiger partial charge is 0.340 e. The topological polar surface area (TPSA) is 86.9 Å². The van der Waals surface area contributed by atoms with E-state index in [1.54, 1.807) is 6.07 Å². The van der Waals surface area contributed by atoms with Gasteiger partial charge in [-0.25, -0.2) is 0 Å². The van der Waals surface area contributed by atoms with Gasteiger partial charge in [-0.3, -0.25) is 14.7 Å². The summed E-state index contributed by atoms with van der Waals surface area (Å²) in [7, 11) is 0. The van der Waals surface area contributed by atoms with E-state index < -0.39 is 6.04 Å². The van der Waals surface area contributed by atoms with E-state index in [0.717, 1.165) is 33.8 Å². The lowest BCUT2D eigenvalue weighted by molar-refractivity contribution is -0.118. The first kappa shape index (κ1) is 18.8. The predicted molar refractivity (Wildman–Crippen MR) is 119 cm³/mol. The van der Waals surface area contributed by atoms with E-state index in [1.165, 1.54) is 0 Å². The van der Waals surface area contributed by atoms with Crippen molar-refractivity contribution in [1.29, 1.82) is 0 Å². The molecule has 0 saturated heterocycles. The molecule has 0 unspecified atom stereocenters. The molecule has 5 rings (SSSR count). The number of carbonyl (C=O) groups is 2. The van der Waals surface area contributed by atoms with Crippen molar-refractivity contribution < 1.29 is 9.59 Å². The van der Waals surface area contributed by atoms with Crippen molar-refractivity contribution in [2.45, 2.75) is 12.5 Å². The number of para-hydroxylation sites is 1. The molecule has 1 aliphatic rings. The zero-order valence-electron chi connectivity index (χ0n) is 16.6. The van der Waals surface area contributed by atoms with Crippen LogP contribution in [0.15, 0.2) is 84.9 Å².